The van der Waals surface area contributed by atoms with Crippen LogP contribution in [0.2, 0.25) is 0 Å². The summed E-state index contributed by atoms with van der Waals surface area (Å²) in [5.41, 5.74) is 2.93. The van der Waals surface area contributed by atoms with Crippen LogP contribution in [0, 0.1) is 0 Å². The lowest BCUT2D eigenvalue weighted by Gasteiger charge is -2.10. The van der Waals surface area contributed by atoms with E-state index in [1.54, 1.807) is 36.4 Å². The Balaban J connectivity index is 1.64. The van der Waals surface area contributed by atoms with Crippen molar-refractivity contribution in [3.05, 3.63) is 101 Å². The lowest BCUT2D eigenvalue weighted by atomic mass is 10.00. The maximum atomic E-state index is 12.5. The van der Waals surface area contributed by atoms with E-state index in [0.717, 1.165) is 11.1 Å². The molecule has 0 fully saturated rings. The summed E-state index contributed by atoms with van der Waals surface area (Å²) in [4.78, 5) is 24.8. The minimum atomic E-state index is -0.495. The van der Waals surface area contributed by atoms with Gasteiger partial charge in [0.15, 0.2) is 12.4 Å². The van der Waals surface area contributed by atoms with Gasteiger partial charge in [-0.3, -0.25) is 4.79 Å². The number of esters is 1. The van der Waals surface area contributed by atoms with Gasteiger partial charge in [0.1, 0.15) is 5.75 Å². The first-order valence-corrected chi connectivity index (χ1v) is 9.22. The molecule has 0 aliphatic rings. The maximum absolute atomic E-state index is 12.5. The number of rotatable bonds is 8. The highest BCUT2D eigenvalue weighted by Gasteiger charge is 2.15. The third kappa shape index (κ3) is 5.07. The molecule has 3 aromatic carbocycles. The number of carbonyl (C=O) groups is 2. The second-order valence-electron chi connectivity index (χ2n) is 6.28. The largest absolute Gasteiger partial charge is 0.494 e. The Morgan fingerprint density at radius 1 is 0.821 bits per heavy atom. The van der Waals surface area contributed by atoms with E-state index in [1.807, 2.05) is 49.4 Å². The molecule has 0 aliphatic heterocycles. The molecule has 28 heavy (non-hydrogen) atoms. The minimum Gasteiger partial charge on any atom is -0.494 e. The van der Waals surface area contributed by atoms with Crippen molar-refractivity contribution < 1.29 is 19.1 Å². The van der Waals surface area contributed by atoms with Crippen LogP contribution in [0.1, 0.15) is 38.8 Å². The predicted molar refractivity (Wildman–Crippen MR) is 108 cm³/mol. The van der Waals surface area contributed by atoms with Crippen LogP contribution in [-0.2, 0) is 11.2 Å². The third-order valence-corrected chi connectivity index (χ3v) is 4.30. The molecule has 0 aromatic heterocycles. The Kier molecular flexibility index (Phi) is 6.58. The molecule has 0 heterocycles. The van der Waals surface area contributed by atoms with Crippen molar-refractivity contribution in [1.29, 1.82) is 0 Å². The van der Waals surface area contributed by atoms with Gasteiger partial charge in [-0.1, -0.05) is 48.5 Å². The zero-order chi connectivity index (χ0) is 19.8. The second kappa shape index (κ2) is 9.51. The molecule has 0 radical (unpaired) electrons. The van der Waals surface area contributed by atoms with Crippen LogP contribution in [0.25, 0.3) is 0 Å². The molecule has 0 spiro atoms. The number of carbonyl (C=O) groups excluding carboxylic acids is 2. The van der Waals surface area contributed by atoms with Gasteiger partial charge in [0.05, 0.1) is 12.2 Å². The van der Waals surface area contributed by atoms with E-state index >= 15 is 0 Å². The van der Waals surface area contributed by atoms with Gasteiger partial charge in [-0.15, -0.1) is 0 Å². The van der Waals surface area contributed by atoms with Crippen molar-refractivity contribution in [2.24, 2.45) is 0 Å². The van der Waals surface area contributed by atoms with Crippen LogP contribution in [0.5, 0.6) is 5.75 Å². The summed E-state index contributed by atoms with van der Waals surface area (Å²) < 4.78 is 10.6. The average molecular weight is 374 g/mol. The van der Waals surface area contributed by atoms with E-state index in [4.69, 9.17) is 9.47 Å². The molecular formula is C24H22O4. The van der Waals surface area contributed by atoms with Gasteiger partial charge in [-0.25, -0.2) is 4.79 Å². The van der Waals surface area contributed by atoms with Gasteiger partial charge in [0.2, 0.25) is 0 Å². The van der Waals surface area contributed by atoms with Crippen LogP contribution < -0.4 is 4.74 Å². The van der Waals surface area contributed by atoms with Crippen molar-refractivity contribution in [3.8, 4) is 5.75 Å². The first-order chi connectivity index (χ1) is 13.7. The molecule has 4 heteroatoms. The quantitative estimate of drug-likeness (QED) is 0.423. The predicted octanol–water partition coefficient (Wildman–Crippen LogP) is 4.72. The lowest BCUT2D eigenvalue weighted by molar-refractivity contribution is 0.0473. The fourth-order valence-corrected chi connectivity index (χ4v) is 2.89. The number of hydrogen-bond donors (Lipinski definition) is 0. The molecule has 0 amide bonds. The zero-order valence-electron chi connectivity index (χ0n) is 15.8. The average Bonchev–Trinajstić information content (AvgIpc) is 2.74. The van der Waals surface area contributed by atoms with Crippen molar-refractivity contribution in [3.63, 3.8) is 0 Å². The number of ether oxygens (including phenoxy) is 2. The Hall–Kier alpha value is -3.40. The van der Waals surface area contributed by atoms with Crippen LogP contribution in [0.4, 0.5) is 0 Å². The first kappa shape index (κ1) is 19.4. The number of Topliss-reactive ketones (excluding diaryl/α,β-unsaturated/α-hetero) is 1. The van der Waals surface area contributed by atoms with Crippen LogP contribution in [-0.4, -0.2) is 25.0 Å². The van der Waals surface area contributed by atoms with Crippen LogP contribution >= 0.6 is 0 Å². The van der Waals surface area contributed by atoms with Gasteiger partial charge in [0, 0.05) is 5.56 Å². The molecule has 0 saturated carbocycles. The molecule has 0 bridgehead atoms. The monoisotopic (exact) mass is 374 g/mol. The van der Waals surface area contributed by atoms with Gasteiger partial charge >= 0.3 is 5.97 Å². The standard InChI is InChI=1S/C24H22O4/c1-2-27-21-14-12-19(13-15-21)23(25)17-28-24(26)22-11-7-6-10-20(22)16-18-8-4-3-5-9-18/h3-15H,2,16-17H2,1H3. The normalized spacial score (nSPS) is 10.3. The fourth-order valence-electron chi connectivity index (χ4n) is 2.89. The van der Waals surface area contributed by atoms with E-state index in [1.165, 1.54) is 0 Å². The molecule has 3 rings (SSSR count). The molecule has 0 N–H and O–H groups in total. The highest BCUT2D eigenvalue weighted by Crippen LogP contribution is 2.16. The lowest BCUT2D eigenvalue weighted by Crippen LogP contribution is -2.15. The Morgan fingerprint density at radius 2 is 1.50 bits per heavy atom. The van der Waals surface area contributed by atoms with Crippen LogP contribution in [0.15, 0.2) is 78.9 Å². The fraction of sp³-hybridized carbons (Fsp3) is 0.167. The second-order valence-corrected chi connectivity index (χ2v) is 6.28. The smallest absolute Gasteiger partial charge is 0.338 e. The third-order valence-electron chi connectivity index (χ3n) is 4.30. The topological polar surface area (TPSA) is 52.6 Å². The van der Waals surface area contributed by atoms with Crippen molar-refractivity contribution >= 4 is 11.8 Å². The first-order valence-electron chi connectivity index (χ1n) is 9.22. The summed E-state index contributed by atoms with van der Waals surface area (Å²) in [5, 5.41) is 0. The molecule has 0 atom stereocenters. The highest BCUT2D eigenvalue weighted by molar-refractivity contribution is 5.99. The summed E-state index contributed by atoms with van der Waals surface area (Å²) in [5.74, 6) is -0.0476. The van der Waals surface area contributed by atoms with E-state index < -0.39 is 5.97 Å². The summed E-state index contributed by atoms with van der Waals surface area (Å²) in [6, 6.07) is 24.0. The van der Waals surface area contributed by atoms with E-state index in [-0.39, 0.29) is 12.4 Å². The van der Waals surface area contributed by atoms with Gasteiger partial charge in [-0.05, 0) is 54.8 Å². The Labute approximate surface area is 164 Å². The molecule has 0 saturated heterocycles. The summed E-state index contributed by atoms with van der Waals surface area (Å²) in [7, 11) is 0. The number of benzene rings is 3. The molecule has 4 nitrogen and oxygen atoms in total. The van der Waals surface area contributed by atoms with Gasteiger partial charge in [-0.2, -0.15) is 0 Å². The Morgan fingerprint density at radius 3 is 2.21 bits per heavy atom. The van der Waals surface area contributed by atoms with Gasteiger partial charge in [0.25, 0.3) is 0 Å². The van der Waals surface area contributed by atoms with Crippen LogP contribution in [0.3, 0.4) is 0 Å². The Bertz CT molecular complexity index is 930. The summed E-state index contributed by atoms with van der Waals surface area (Å²) >= 11 is 0. The summed E-state index contributed by atoms with van der Waals surface area (Å²) in [6.07, 6.45) is 0.624. The van der Waals surface area contributed by atoms with Crippen molar-refractivity contribution in [1.82, 2.24) is 0 Å². The number of ketones is 1. The van der Waals surface area contributed by atoms with E-state index in [9.17, 15) is 9.59 Å². The minimum absolute atomic E-state index is 0.253. The molecular weight excluding hydrogens is 352 g/mol. The van der Waals surface area contributed by atoms with Crippen molar-refractivity contribution in [2.45, 2.75) is 13.3 Å². The van der Waals surface area contributed by atoms with E-state index in [0.29, 0.717) is 29.9 Å². The molecule has 3 aromatic rings. The molecule has 0 aliphatic carbocycles. The zero-order valence-corrected chi connectivity index (χ0v) is 15.8. The van der Waals surface area contributed by atoms with Crippen molar-refractivity contribution in [2.75, 3.05) is 13.2 Å². The number of hydrogen-bond acceptors (Lipinski definition) is 4. The van der Waals surface area contributed by atoms with E-state index in [2.05, 4.69) is 0 Å². The maximum Gasteiger partial charge on any atom is 0.338 e. The molecule has 0 unspecified atom stereocenters. The highest BCUT2D eigenvalue weighted by atomic mass is 16.5. The summed E-state index contributed by atoms with van der Waals surface area (Å²) in [6.45, 7) is 2.16. The molecule has 142 valence electrons. The SMILES string of the molecule is CCOc1ccc(C(=O)COC(=O)c2ccccc2Cc2ccccc2)cc1. The van der Waals surface area contributed by atoms with Gasteiger partial charge < -0.3 is 9.47 Å².